The number of fused-ring (bicyclic) bond motifs is 1. The van der Waals surface area contributed by atoms with Crippen molar-refractivity contribution in [3.8, 4) is 23.7 Å². The van der Waals surface area contributed by atoms with E-state index in [-0.39, 0.29) is 0 Å². The Balaban J connectivity index is 1.47. The minimum absolute atomic E-state index is 0.555. The monoisotopic (exact) mass is 446 g/mol. The fourth-order valence-corrected chi connectivity index (χ4v) is 3.95. The summed E-state index contributed by atoms with van der Waals surface area (Å²) in [7, 11) is 0. The van der Waals surface area contributed by atoms with Crippen LogP contribution in [0.5, 0.6) is 0 Å². The molecule has 175 valence electrons. The van der Waals surface area contributed by atoms with Crippen LogP contribution in [0.25, 0.3) is 10.8 Å². The second kappa shape index (κ2) is 17.8. The Hall–Kier alpha value is -2.75. The van der Waals surface area contributed by atoms with Gasteiger partial charge in [-0.3, -0.25) is 0 Å². The van der Waals surface area contributed by atoms with E-state index in [0.717, 1.165) is 18.4 Å². The highest BCUT2D eigenvalue weighted by Crippen LogP contribution is 2.17. The van der Waals surface area contributed by atoms with Gasteiger partial charge in [-0.25, -0.2) is 0 Å². The van der Waals surface area contributed by atoms with E-state index in [9.17, 15) is 4.79 Å². The number of carbonyl (C=O) groups excluding carboxylic acids is 1. The number of hydrogen-bond donors (Lipinski definition) is 1. The highest BCUT2D eigenvalue weighted by molar-refractivity contribution is 5.88. The number of quaternary nitrogens is 1. The van der Waals surface area contributed by atoms with E-state index >= 15 is 0 Å². The molecule has 0 saturated carbocycles. The van der Waals surface area contributed by atoms with Crippen LogP contribution in [-0.2, 0) is 16.2 Å². The van der Waals surface area contributed by atoms with Crippen LogP contribution in [0.3, 0.4) is 0 Å². The Bertz CT molecular complexity index is 937. The van der Waals surface area contributed by atoms with Gasteiger partial charge in [0.15, 0.2) is 6.54 Å². The number of carbonyl (C=O) groups is 1. The first-order valence-corrected chi connectivity index (χ1v) is 12.8. The number of benzene rings is 2. The van der Waals surface area contributed by atoms with E-state index in [2.05, 4.69) is 48.8 Å². The van der Waals surface area contributed by atoms with E-state index in [1.165, 1.54) is 86.9 Å². The maximum absolute atomic E-state index is 11.7. The summed E-state index contributed by atoms with van der Waals surface area (Å²) in [5, 5.41) is 2.35. The molecular formula is C30H40NO2+2. The van der Waals surface area contributed by atoms with Gasteiger partial charge in [-0.15, -0.1) is 0 Å². The maximum Gasteiger partial charge on any atom is 0.715 e. The average molecular weight is 447 g/mol. The molecule has 0 saturated heterocycles. The second-order valence-corrected chi connectivity index (χ2v) is 8.61. The number of nitrogens with two attached hydrogens (primary N) is 1. The summed E-state index contributed by atoms with van der Waals surface area (Å²) in [4.78, 5) is 16.9. The smallest absolute Gasteiger partial charge is 0.0891 e. The van der Waals surface area contributed by atoms with Crippen LogP contribution in [0.4, 0.5) is 0 Å². The molecule has 0 heterocycles. The summed E-state index contributed by atoms with van der Waals surface area (Å²) in [5.74, 6) is 10.3. The molecule has 0 fully saturated rings. The first-order valence-electron chi connectivity index (χ1n) is 12.8. The third-order valence-electron chi connectivity index (χ3n) is 5.84. The van der Waals surface area contributed by atoms with Gasteiger partial charge in [-0.2, -0.15) is 0 Å². The van der Waals surface area contributed by atoms with E-state index in [1.54, 1.807) is 0 Å². The van der Waals surface area contributed by atoms with Crippen molar-refractivity contribution in [2.75, 3.05) is 0 Å². The van der Waals surface area contributed by atoms with E-state index < -0.39 is 5.97 Å². The summed E-state index contributed by atoms with van der Waals surface area (Å²) in [5.41, 5.74) is 2.63. The van der Waals surface area contributed by atoms with E-state index in [0.29, 0.717) is 6.54 Å². The molecule has 2 aromatic rings. The molecule has 0 spiro atoms. The van der Waals surface area contributed by atoms with Gasteiger partial charge in [0.1, 0.15) is 5.92 Å². The molecular weight excluding hydrogens is 406 g/mol. The summed E-state index contributed by atoms with van der Waals surface area (Å²) < 4.78 is 0. The minimum Gasteiger partial charge on any atom is -0.0891 e. The minimum atomic E-state index is -0.560. The number of hydroxylamine groups is 1. The normalized spacial score (nSPS) is 10.2. The molecule has 0 aliphatic heterocycles. The second-order valence-electron chi connectivity index (χ2n) is 8.61. The van der Waals surface area contributed by atoms with Crippen molar-refractivity contribution in [2.45, 2.75) is 96.9 Å². The number of hydrogen-bond acceptors (Lipinski definition) is 2. The van der Waals surface area contributed by atoms with Crippen LogP contribution in [0, 0.1) is 23.7 Å². The Labute approximate surface area is 200 Å². The Kier molecular flexibility index (Phi) is 14.3. The molecule has 2 N–H and O–H groups in total. The zero-order valence-electron chi connectivity index (χ0n) is 20.3. The predicted molar refractivity (Wildman–Crippen MR) is 137 cm³/mol. The van der Waals surface area contributed by atoms with Gasteiger partial charge in [0, 0.05) is 17.9 Å². The molecule has 1 radical (unpaired) electrons. The lowest BCUT2D eigenvalue weighted by Crippen LogP contribution is -2.82. The van der Waals surface area contributed by atoms with E-state index in [1.807, 2.05) is 24.3 Å². The topological polar surface area (TPSA) is 45.7 Å². The first-order chi connectivity index (χ1) is 16.3. The molecule has 0 aliphatic carbocycles. The average Bonchev–Trinajstić information content (AvgIpc) is 2.84. The highest BCUT2D eigenvalue weighted by atomic mass is 16.7. The van der Waals surface area contributed by atoms with Crippen molar-refractivity contribution in [3.05, 3.63) is 48.0 Å². The van der Waals surface area contributed by atoms with Crippen LogP contribution in [0.2, 0.25) is 0 Å². The molecule has 3 heteroatoms. The Morgan fingerprint density at radius 2 is 1.42 bits per heavy atom. The van der Waals surface area contributed by atoms with Crippen molar-refractivity contribution in [3.63, 3.8) is 0 Å². The molecule has 0 atom stereocenters. The fourth-order valence-electron chi connectivity index (χ4n) is 3.95. The van der Waals surface area contributed by atoms with Crippen molar-refractivity contribution < 1.29 is 15.1 Å². The lowest BCUT2D eigenvalue weighted by molar-refractivity contribution is -0.883. The van der Waals surface area contributed by atoms with Crippen molar-refractivity contribution in [2.24, 2.45) is 0 Å². The molecule has 0 amide bonds. The Morgan fingerprint density at radius 1 is 0.788 bits per heavy atom. The molecule has 3 nitrogen and oxygen atoms in total. The van der Waals surface area contributed by atoms with Crippen molar-refractivity contribution >= 4 is 16.7 Å². The quantitative estimate of drug-likeness (QED) is 0.148. The van der Waals surface area contributed by atoms with Crippen LogP contribution in [0.15, 0.2) is 42.5 Å². The zero-order chi connectivity index (χ0) is 23.4. The van der Waals surface area contributed by atoms with Crippen LogP contribution < -0.4 is 5.48 Å². The zero-order valence-corrected chi connectivity index (χ0v) is 20.3. The molecule has 0 aliphatic rings. The van der Waals surface area contributed by atoms with Gasteiger partial charge in [-0.05, 0) is 23.1 Å². The number of unbranched alkanes of at least 4 members (excludes halogenated alkanes) is 12. The number of rotatable bonds is 15. The molecule has 33 heavy (non-hydrogen) atoms. The van der Waals surface area contributed by atoms with Gasteiger partial charge >= 0.3 is 5.97 Å². The predicted octanol–water partition coefficient (Wildman–Crippen LogP) is 6.46. The van der Waals surface area contributed by atoms with E-state index in [4.69, 9.17) is 4.84 Å². The van der Waals surface area contributed by atoms with Crippen molar-refractivity contribution in [1.82, 2.24) is 0 Å². The molecule has 0 unspecified atom stereocenters. The molecule has 0 bridgehead atoms. The lowest BCUT2D eigenvalue weighted by Gasteiger charge is -2.01. The van der Waals surface area contributed by atoms with Gasteiger partial charge in [0.05, 0.1) is 4.79 Å². The fraction of sp³-hybridized carbons (Fsp3) is 0.500. The van der Waals surface area contributed by atoms with Gasteiger partial charge in [0.25, 0.3) is 0 Å². The third-order valence-corrected chi connectivity index (χ3v) is 5.84. The van der Waals surface area contributed by atoms with Gasteiger partial charge in [0.2, 0.25) is 0 Å². The highest BCUT2D eigenvalue weighted by Gasteiger charge is 2.17. The first kappa shape index (κ1) is 26.5. The van der Waals surface area contributed by atoms with Crippen molar-refractivity contribution in [1.29, 1.82) is 0 Å². The van der Waals surface area contributed by atoms with Gasteiger partial charge in [-0.1, -0.05) is 136 Å². The summed E-state index contributed by atoms with van der Waals surface area (Å²) >= 11 is 0. The van der Waals surface area contributed by atoms with Crippen LogP contribution >= 0.6 is 0 Å². The summed E-state index contributed by atoms with van der Waals surface area (Å²) in [6, 6.07) is 14.3. The molecule has 0 aromatic heterocycles. The van der Waals surface area contributed by atoms with Crippen LogP contribution in [-0.4, -0.2) is 5.97 Å². The Morgan fingerprint density at radius 3 is 2.15 bits per heavy atom. The standard InChI is InChI=1S/C30H39NO2/c1-2-3-4-5-6-7-8-9-10-11-12-13-14-15-16-17-25-30(32)33-31-26-28-23-20-22-27-21-18-19-24-29(27)28/h18-24,31H,2-14,26H2,1H3/q+1/p+1. The SMILES string of the molecule is CCCCCCCCCCCCCCC#CC#CC(=[O+])O[NH2+]Cc1cccc2ccccc12. The van der Waals surface area contributed by atoms with Crippen LogP contribution in [0.1, 0.15) is 96.0 Å². The lowest BCUT2D eigenvalue weighted by atomic mass is 10.0. The summed E-state index contributed by atoms with van der Waals surface area (Å²) in [6.45, 7) is 2.82. The maximum atomic E-state index is 11.7. The molecule has 2 rings (SSSR count). The largest absolute Gasteiger partial charge is 0.715 e. The molecule has 2 aromatic carbocycles. The summed E-state index contributed by atoms with van der Waals surface area (Å²) in [6.07, 6.45) is 16.9. The van der Waals surface area contributed by atoms with Gasteiger partial charge < -0.3 is 0 Å². The third kappa shape index (κ3) is 12.2.